The lowest BCUT2D eigenvalue weighted by atomic mass is 10.00. The molecule has 13 heteroatoms. The topological polar surface area (TPSA) is 69.2 Å². The van der Waals surface area contributed by atoms with Gasteiger partial charge >= 0.3 is 6.18 Å². The highest BCUT2D eigenvalue weighted by Gasteiger charge is 2.33. The minimum absolute atomic E-state index is 0.156. The lowest BCUT2D eigenvalue weighted by Gasteiger charge is -2.35. The molecular formula is C30H28Cl2F3N5O2S. The first kappa shape index (κ1) is 31.2. The molecule has 2 atom stereocenters. The largest absolute Gasteiger partial charge is 0.416 e. The van der Waals surface area contributed by atoms with E-state index in [-0.39, 0.29) is 23.6 Å². The maximum absolute atomic E-state index is 13.6. The Bertz CT molecular complexity index is 1530. The molecule has 0 saturated carbocycles. The summed E-state index contributed by atoms with van der Waals surface area (Å²) in [7, 11) is 1.64. The SMILES string of the molecule is CN1C(=O)C(NC(=S)NCC(c2ccc(C(F)(F)F)cc2)N2CCOCC2)N=C(c2ccccc2Cl)c2cc(Cl)ccc21. The number of aliphatic imine (C=N–C) groups is 1. The number of benzodiazepines with no additional fused rings is 1. The lowest BCUT2D eigenvalue weighted by Crippen LogP contribution is -2.51. The summed E-state index contributed by atoms with van der Waals surface area (Å²) >= 11 is 18.5. The van der Waals surface area contributed by atoms with Gasteiger partial charge in [-0.1, -0.05) is 53.5 Å². The molecule has 0 aliphatic carbocycles. The first-order valence-corrected chi connectivity index (χ1v) is 14.6. The van der Waals surface area contributed by atoms with Crippen LogP contribution in [-0.4, -0.2) is 67.7 Å². The number of nitrogens with zero attached hydrogens (tertiary/aromatic N) is 3. The Morgan fingerprint density at radius 1 is 1.07 bits per heavy atom. The number of anilines is 1. The van der Waals surface area contributed by atoms with Crippen molar-refractivity contribution < 1.29 is 22.7 Å². The van der Waals surface area contributed by atoms with E-state index in [1.807, 2.05) is 12.1 Å². The monoisotopic (exact) mass is 649 g/mol. The van der Waals surface area contributed by atoms with E-state index in [2.05, 4.69) is 15.5 Å². The number of nitrogens with one attached hydrogen (secondary N) is 2. The summed E-state index contributed by atoms with van der Waals surface area (Å²) in [6.07, 6.45) is -5.53. The van der Waals surface area contributed by atoms with Crippen LogP contribution in [0.1, 0.15) is 28.3 Å². The molecule has 1 amide bonds. The van der Waals surface area contributed by atoms with Crippen LogP contribution in [0.4, 0.5) is 18.9 Å². The van der Waals surface area contributed by atoms with Crippen molar-refractivity contribution in [2.75, 3.05) is 44.8 Å². The van der Waals surface area contributed by atoms with E-state index in [0.29, 0.717) is 64.4 Å². The Labute approximate surface area is 262 Å². The zero-order valence-electron chi connectivity index (χ0n) is 23.0. The van der Waals surface area contributed by atoms with Crippen molar-refractivity contribution in [3.63, 3.8) is 0 Å². The van der Waals surface area contributed by atoms with Crippen LogP contribution in [0.3, 0.4) is 0 Å². The maximum Gasteiger partial charge on any atom is 0.416 e. The molecule has 43 heavy (non-hydrogen) atoms. The number of carbonyl (C=O) groups is 1. The van der Waals surface area contributed by atoms with Gasteiger partial charge in [0.2, 0.25) is 6.17 Å². The molecule has 5 rings (SSSR count). The second-order valence-electron chi connectivity index (χ2n) is 10.1. The quantitative estimate of drug-likeness (QED) is 0.335. The van der Waals surface area contributed by atoms with E-state index in [0.717, 1.165) is 12.1 Å². The molecule has 0 aromatic heterocycles. The third-order valence-electron chi connectivity index (χ3n) is 7.36. The van der Waals surface area contributed by atoms with Crippen molar-refractivity contribution in [2.45, 2.75) is 18.4 Å². The fourth-order valence-corrected chi connectivity index (χ4v) is 5.71. The van der Waals surface area contributed by atoms with Gasteiger partial charge in [-0.3, -0.25) is 9.69 Å². The van der Waals surface area contributed by atoms with Gasteiger partial charge in [0.25, 0.3) is 5.91 Å². The van der Waals surface area contributed by atoms with Gasteiger partial charge in [0.15, 0.2) is 5.11 Å². The Hall–Kier alpha value is -3.22. The molecule has 2 aliphatic heterocycles. The second-order valence-corrected chi connectivity index (χ2v) is 11.3. The molecule has 2 aliphatic rings. The molecule has 2 heterocycles. The van der Waals surface area contributed by atoms with Gasteiger partial charge in [-0.15, -0.1) is 0 Å². The molecule has 7 nitrogen and oxygen atoms in total. The number of rotatable bonds is 6. The molecule has 2 N–H and O–H groups in total. The Kier molecular flexibility index (Phi) is 9.57. The van der Waals surface area contributed by atoms with E-state index < -0.39 is 17.9 Å². The number of ether oxygens (including phenoxy) is 1. The lowest BCUT2D eigenvalue weighted by molar-refractivity contribution is -0.137. The van der Waals surface area contributed by atoms with Gasteiger partial charge in [0.05, 0.1) is 36.2 Å². The maximum atomic E-state index is 13.6. The van der Waals surface area contributed by atoms with Crippen LogP contribution in [-0.2, 0) is 15.7 Å². The molecule has 3 aromatic rings. The number of thiocarbonyl (C=S) groups is 1. The van der Waals surface area contributed by atoms with Gasteiger partial charge in [-0.25, -0.2) is 4.99 Å². The summed E-state index contributed by atoms with van der Waals surface area (Å²) in [5.74, 6) is -0.359. The van der Waals surface area contributed by atoms with E-state index in [1.165, 1.54) is 17.0 Å². The first-order valence-electron chi connectivity index (χ1n) is 13.5. The van der Waals surface area contributed by atoms with Crippen molar-refractivity contribution in [3.8, 4) is 0 Å². The fraction of sp³-hybridized carbons (Fsp3) is 0.300. The molecule has 1 saturated heterocycles. The number of benzene rings is 3. The predicted molar refractivity (Wildman–Crippen MR) is 166 cm³/mol. The van der Waals surface area contributed by atoms with Crippen LogP contribution < -0.4 is 15.5 Å². The molecular weight excluding hydrogens is 622 g/mol. The van der Waals surface area contributed by atoms with Gasteiger partial charge < -0.3 is 20.3 Å². The number of hydrogen-bond acceptors (Lipinski definition) is 5. The smallest absolute Gasteiger partial charge is 0.379 e. The zero-order valence-corrected chi connectivity index (χ0v) is 25.3. The number of hydrogen-bond donors (Lipinski definition) is 2. The van der Waals surface area contributed by atoms with Crippen molar-refractivity contribution >= 4 is 57.8 Å². The average Bonchev–Trinajstić information content (AvgIpc) is 3.08. The molecule has 0 bridgehead atoms. The Morgan fingerprint density at radius 3 is 2.44 bits per heavy atom. The summed E-state index contributed by atoms with van der Waals surface area (Å²) < 4.78 is 45.0. The van der Waals surface area contributed by atoms with Crippen LogP contribution >= 0.6 is 35.4 Å². The zero-order chi connectivity index (χ0) is 30.7. The summed E-state index contributed by atoms with van der Waals surface area (Å²) in [5, 5.41) is 7.25. The highest BCUT2D eigenvalue weighted by molar-refractivity contribution is 7.80. The van der Waals surface area contributed by atoms with Gasteiger partial charge in [0, 0.05) is 47.9 Å². The summed E-state index contributed by atoms with van der Waals surface area (Å²) in [6, 6.07) is 17.2. The third kappa shape index (κ3) is 7.13. The number of likely N-dealkylation sites (N-methyl/N-ethyl adjacent to an activating group) is 1. The second kappa shape index (κ2) is 13.2. The molecule has 2 unspecified atom stereocenters. The molecule has 0 spiro atoms. The summed E-state index contributed by atoms with van der Waals surface area (Å²) in [6.45, 7) is 2.49. The van der Waals surface area contributed by atoms with Crippen molar-refractivity contribution in [2.24, 2.45) is 4.99 Å². The highest BCUT2D eigenvalue weighted by atomic mass is 35.5. The van der Waals surface area contributed by atoms with Crippen LogP contribution in [0.25, 0.3) is 0 Å². The van der Waals surface area contributed by atoms with Crippen LogP contribution in [0.2, 0.25) is 10.0 Å². The number of carbonyl (C=O) groups excluding carboxylic acids is 1. The Balaban J connectivity index is 1.39. The number of alkyl halides is 3. The van der Waals surface area contributed by atoms with Crippen LogP contribution in [0.5, 0.6) is 0 Å². The van der Waals surface area contributed by atoms with Gasteiger partial charge in [0.1, 0.15) is 0 Å². The summed E-state index contributed by atoms with van der Waals surface area (Å²) in [5.41, 5.74) is 2.31. The van der Waals surface area contributed by atoms with Gasteiger partial charge in [-0.05, 0) is 54.2 Å². The van der Waals surface area contributed by atoms with Crippen LogP contribution in [0, 0.1) is 0 Å². The molecule has 226 valence electrons. The third-order valence-corrected chi connectivity index (χ3v) is 8.19. The van der Waals surface area contributed by atoms with Gasteiger partial charge in [-0.2, -0.15) is 13.2 Å². The standard InChI is InChI=1S/C30H28Cl2F3N5O2S/c1-39-24-11-10-20(31)16-22(24)26(21-4-2-3-5-23(21)32)37-27(28(39)41)38-29(43)36-17-25(40-12-14-42-15-13-40)18-6-8-19(9-7-18)30(33,34)35/h2-11,16,25,27H,12-15,17H2,1H3,(H2,36,38,43). The molecule has 0 radical (unpaired) electrons. The number of morpholine rings is 1. The van der Waals surface area contributed by atoms with E-state index >= 15 is 0 Å². The molecule has 3 aromatic carbocycles. The highest BCUT2D eigenvalue weighted by Crippen LogP contribution is 2.33. The fourth-order valence-electron chi connectivity index (χ4n) is 5.11. The van der Waals surface area contributed by atoms with E-state index in [4.69, 9.17) is 45.1 Å². The van der Waals surface area contributed by atoms with E-state index in [1.54, 1.807) is 37.4 Å². The van der Waals surface area contributed by atoms with Crippen molar-refractivity contribution in [1.82, 2.24) is 15.5 Å². The number of amides is 1. The first-order chi connectivity index (χ1) is 20.5. The number of halogens is 5. The average molecular weight is 651 g/mol. The Morgan fingerprint density at radius 2 is 1.77 bits per heavy atom. The van der Waals surface area contributed by atoms with Crippen molar-refractivity contribution in [1.29, 1.82) is 0 Å². The number of fused-ring (bicyclic) bond motifs is 1. The minimum atomic E-state index is -4.43. The van der Waals surface area contributed by atoms with E-state index in [9.17, 15) is 18.0 Å². The van der Waals surface area contributed by atoms with Crippen LogP contribution in [0.15, 0.2) is 71.7 Å². The van der Waals surface area contributed by atoms with Crippen molar-refractivity contribution in [3.05, 3.63) is 99.0 Å². The summed E-state index contributed by atoms with van der Waals surface area (Å²) in [4.78, 5) is 22.0. The normalized spacial score (nSPS) is 18.4. The molecule has 1 fully saturated rings. The minimum Gasteiger partial charge on any atom is -0.379 e. The predicted octanol–water partition coefficient (Wildman–Crippen LogP) is 5.69.